The van der Waals surface area contributed by atoms with Crippen molar-refractivity contribution in [3.05, 3.63) is 261 Å². The molecule has 0 aliphatic carbocycles. The topological polar surface area (TPSA) is 3.24 Å². The van der Waals surface area contributed by atoms with Crippen molar-refractivity contribution < 1.29 is 0 Å². The first-order valence-electron chi connectivity index (χ1n) is 23.3. The van der Waals surface area contributed by atoms with Crippen LogP contribution < -0.4 is 4.90 Å². The lowest BCUT2D eigenvalue weighted by Crippen LogP contribution is -2.10. The van der Waals surface area contributed by atoms with Gasteiger partial charge in [0.15, 0.2) is 0 Å². The molecule has 0 bridgehead atoms. The lowest BCUT2D eigenvalue weighted by atomic mass is 9.94. The van der Waals surface area contributed by atoms with Crippen molar-refractivity contribution in [3.63, 3.8) is 0 Å². The van der Waals surface area contributed by atoms with E-state index in [1.165, 1.54) is 108 Å². The molecule has 0 aliphatic heterocycles. The maximum Gasteiger partial charge on any atom is 0.0646 e. The molecule has 0 saturated carbocycles. The third kappa shape index (κ3) is 7.02. The van der Waals surface area contributed by atoms with Crippen molar-refractivity contribution in [2.24, 2.45) is 0 Å². The molecule has 318 valence electrons. The van der Waals surface area contributed by atoms with Gasteiger partial charge < -0.3 is 4.90 Å². The van der Waals surface area contributed by atoms with Gasteiger partial charge >= 0.3 is 0 Å². The normalized spacial score (nSPS) is 11.5. The molecule has 0 aliphatic rings. The van der Waals surface area contributed by atoms with Gasteiger partial charge in [0.05, 0.1) is 10.4 Å². The van der Waals surface area contributed by atoms with Crippen LogP contribution in [0.2, 0.25) is 0 Å². The molecule has 0 atom stereocenters. The summed E-state index contributed by atoms with van der Waals surface area (Å²) in [4.78, 5) is 2.47. The summed E-state index contributed by atoms with van der Waals surface area (Å²) in [5.74, 6) is 0. The lowest BCUT2D eigenvalue weighted by Gasteiger charge is -2.27. The lowest BCUT2D eigenvalue weighted by molar-refractivity contribution is 1.30. The molecule has 0 spiro atoms. The van der Waals surface area contributed by atoms with Crippen LogP contribution in [0.15, 0.2) is 261 Å². The van der Waals surface area contributed by atoms with Crippen LogP contribution in [0.1, 0.15) is 0 Å². The molecule has 0 N–H and O–H groups in total. The van der Waals surface area contributed by atoms with Gasteiger partial charge in [0.1, 0.15) is 0 Å². The van der Waals surface area contributed by atoms with Crippen molar-refractivity contribution in [3.8, 4) is 55.6 Å². The number of nitrogens with zero attached hydrogens (tertiary/aromatic N) is 1. The van der Waals surface area contributed by atoms with Gasteiger partial charge in [0, 0.05) is 26.8 Å². The molecule has 1 nitrogen and oxygen atoms in total. The monoisotopic (exact) mass is 881 g/mol. The molecule has 0 unspecified atom stereocenters. The summed E-state index contributed by atoms with van der Waals surface area (Å²) < 4.78 is 2.57. The summed E-state index contributed by atoms with van der Waals surface area (Å²) >= 11 is 1.90. The second-order valence-electron chi connectivity index (χ2n) is 17.7. The second-order valence-corrected chi connectivity index (χ2v) is 18.7. The molecular formula is C66H43NS. The van der Waals surface area contributed by atoms with E-state index >= 15 is 0 Å². The SMILES string of the molecule is c1ccc(-c2ccccc2-c2ccc(N(c3ccc(-c4ccc5cc(-c6ccc7ccccc7c6)ccc5c4)cc3)c3cc4ccccc4c4c3sc3c(-c5ccccc5)cccc34)cc2)cc1. The number of hydrogen-bond acceptors (Lipinski definition) is 2. The molecule has 13 aromatic rings. The zero-order valence-corrected chi connectivity index (χ0v) is 38.0. The first-order valence-corrected chi connectivity index (χ1v) is 24.1. The Kier molecular flexibility index (Phi) is 9.77. The molecule has 0 fully saturated rings. The Labute approximate surface area is 400 Å². The summed E-state index contributed by atoms with van der Waals surface area (Å²) in [6.07, 6.45) is 0. The summed E-state index contributed by atoms with van der Waals surface area (Å²) in [6.45, 7) is 0. The van der Waals surface area contributed by atoms with Crippen molar-refractivity contribution in [2.45, 2.75) is 0 Å². The van der Waals surface area contributed by atoms with Gasteiger partial charge in [-0.1, -0.05) is 212 Å². The summed E-state index contributed by atoms with van der Waals surface area (Å²) in [7, 11) is 0. The van der Waals surface area contributed by atoms with Crippen LogP contribution in [0.5, 0.6) is 0 Å². The fourth-order valence-electron chi connectivity index (χ4n) is 10.2. The predicted molar refractivity (Wildman–Crippen MR) is 294 cm³/mol. The van der Waals surface area contributed by atoms with Crippen LogP contribution in [-0.4, -0.2) is 0 Å². The highest BCUT2D eigenvalue weighted by Gasteiger charge is 2.22. The van der Waals surface area contributed by atoms with E-state index in [1.807, 2.05) is 11.3 Å². The number of anilines is 3. The number of hydrogen-bond donors (Lipinski definition) is 0. The molecule has 1 aromatic heterocycles. The van der Waals surface area contributed by atoms with E-state index in [4.69, 9.17) is 0 Å². The maximum atomic E-state index is 2.47. The molecule has 0 saturated heterocycles. The minimum atomic E-state index is 1.10. The smallest absolute Gasteiger partial charge is 0.0646 e. The van der Waals surface area contributed by atoms with Crippen LogP contribution in [0.25, 0.3) is 108 Å². The fourth-order valence-corrected chi connectivity index (χ4v) is 11.6. The highest BCUT2D eigenvalue weighted by Crippen LogP contribution is 2.50. The molecule has 2 heteroatoms. The Morgan fingerprint density at radius 1 is 0.250 bits per heavy atom. The average molecular weight is 882 g/mol. The quantitative estimate of drug-likeness (QED) is 0.147. The van der Waals surface area contributed by atoms with E-state index < -0.39 is 0 Å². The van der Waals surface area contributed by atoms with E-state index in [1.54, 1.807) is 0 Å². The molecule has 12 aromatic carbocycles. The zero-order chi connectivity index (χ0) is 45.0. The van der Waals surface area contributed by atoms with E-state index in [2.05, 4.69) is 266 Å². The van der Waals surface area contributed by atoms with Gasteiger partial charge in [-0.3, -0.25) is 0 Å². The van der Waals surface area contributed by atoms with Crippen molar-refractivity contribution in [2.75, 3.05) is 4.90 Å². The van der Waals surface area contributed by atoms with Crippen molar-refractivity contribution in [1.82, 2.24) is 0 Å². The van der Waals surface area contributed by atoms with Crippen LogP contribution >= 0.6 is 11.3 Å². The standard InChI is InChI=1S/C66H43NS/c1-3-15-46(16-4-1)58-21-11-12-22-59(58)48-34-38-57(39-35-48)67(63-43-55-20-9-10-23-60(55)64-62-25-13-24-61(65(62)68-66(63)64)47-17-5-2-6-18-47)56-36-32-45(33-37-56)50-28-29-53-42-54(31-30-52(53)41-50)51-27-26-44-14-7-8-19-49(44)40-51/h1-43H. The summed E-state index contributed by atoms with van der Waals surface area (Å²) in [6, 6.07) is 95.6. The van der Waals surface area contributed by atoms with Crippen molar-refractivity contribution in [1.29, 1.82) is 0 Å². The largest absolute Gasteiger partial charge is 0.309 e. The molecule has 1 heterocycles. The van der Waals surface area contributed by atoms with Gasteiger partial charge in [-0.25, -0.2) is 0 Å². The number of benzene rings is 12. The molecule has 0 amide bonds. The third-order valence-corrected chi connectivity index (χ3v) is 14.9. The van der Waals surface area contributed by atoms with Gasteiger partial charge in [0.25, 0.3) is 0 Å². The molecule has 0 radical (unpaired) electrons. The third-order valence-electron chi connectivity index (χ3n) is 13.6. The van der Waals surface area contributed by atoms with Crippen molar-refractivity contribution >= 4 is 80.9 Å². The van der Waals surface area contributed by atoms with E-state index in [-0.39, 0.29) is 0 Å². The Hall–Kier alpha value is -8.56. The first kappa shape index (κ1) is 39.8. The van der Waals surface area contributed by atoms with Gasteiger partial charge in [0.2, 0.25) is 0 Å². The van der Waals surface area contributed by atoms with Crippen LogP contribution in [0.4, 0.5) is 17.1 Å². The predicted octanol–water partition coefficient (Wildman–Crippen LogP) is 19.3. The van der Waals surface area contributed by atoms with E-state index in [0.29, 0.717) is 0 Å². The minimum absolute atomic E-state index is 1.10. The summed E-state index contributed by atoms with van der Waals surface area (Å²) in [5.41, 5.74) is 15.5. The van der Waals surface area contributed by atoms with Crippen LogP contribution in [0.3, 0.4) is 0 Å². The Bertz CT molecular complexity index is 4000. The highest BCUT2D eigenvalue weighted by molar-refractivity contribution is 7.27. The Morgan fingerprint density at radius 2 is 0.676 bits per heavy atom. The van der Waals surface area contributed by atoms with E-state index in [9.17, 15) is 0 Å². The van der Waals surface area contributed by atoms with E-state index in [0.717, 1.165) is 17.1 Å². The van der Waals surface area contributed by atoms with Gasteiger partial charge in [-0.15, -0.1) is 11.3 Å². The van der Waals surface area contributed by atoms with Gasteiger partial charge in [-0.2, -0.15) is 0 Å². The van der Waals surface area contributed by atoms with Crippen LogP contribution in [0, 0.1) is 0 Å². The Balaban J connectivity index is 0.942. The minimum Gasteiger partial charge on any atom is -0.309 e. The number of rotatable bonds is 8. The zero-order valence-electron chi connectivity index (χ0n) is 37.2. The fraction of sp³-hybridized carbons (Fsp3) is 0. The molecule has 13 rings (SSSR count). The molecule has 68 heavy (non-hydrogen) atoms. The number of thiophene rings is 1. The maximum absolute atomic E-state index is 2.47. The second kappa shape index (κ2) is 16.7. The van der Waals surface area contributed by atoms with Crippen LogP contribution in [-0.2, 0) is 0 Å². The number of fused-ring (bicyclic) bond motifs is 7. The molecular weight excluding hydrogens is 839 g/mol. The van der Waals surface area contributed by atoms with Gasteiger partial charge in [-0.05, 0) is 136 Å². The average Bonchev–Trinajstić information content (AvgIpc) is 3.82. The first-order chi connectivity index (χ1) is 33.7. The Morgan fingerprint density at radius 3 is 1.31 bits per heavy atom. The summed E-state index contributed by atoms with van der Waals surface area (Å²) in [5, 5.41) is 10.1. The highest BCUT2D eigenvalue weighted by atomic mass is 32.1.